The molecule has 0 saturated carbocycles. The van der Waals surface area contributed by atoms with Crippen LogP contribution in [0.2, 0.25) is 0 Å². The lowest BCUT2D eigenvalue weighted by atomic mass is 10.3. The van der Waals surface area contributed by atoms with Crippen molar-refractivity contribution in [3.05, 3.63) is 57.0 Å². The molecular weight excluding hydrogens is 317 g/mol. The molecule has 0 saturated heterocycles. The average molecular weight is 326 g/mol. The number of halogens is 2. The van der Waals surface area contributed by atoms with Crippen LogP contribution in [0.4, 0.5) is 10.1 Å². The molecule has 1 aromatic carbocycles. The lowest BCUT2D eigenvalue weighted by molar-refractivity contribution is -0.111. The molecule has 1 amide bonds. The number of carbonyl (C=O) groups is 1. The third kappa shape index (κ3) is 3.78. The molecule has 2 rings (SSSR count). The predicted molar refractivity (Wildman–Crippen MR) is 76.1 cm³/mol. The lowest BCUT2D eigenvalue weighted by Crippen LogP contribution is -2.07. The standard InChI is InChI=1S/C13H9BrFNOS/c14-12-7-5-11(18-12)6-8-13(17)16-10-3-1-9(15)2-4-10/h1-8H,(H,16,17)/b8-6+. The molecule has 2 aromatic rings. The molecule has 0 fully saturated rings. The Kier molecular flexibility index (Phi) is 4.28. The van der Waals surface area contributed by atoms with Gasteiger partial charge in [-0.05, 0) is 58.4 Å². The first-order valence-corrected chi connectivity index (χ1v) is 6.74. The van der Waals surface area contributed by atoms with E-state index in [1.54, 1.807) is 6.08 Å². The van der Waals surface area contributed by atoms with Crippen molar-refractivity contribution in [2.75, 3.05) is 5.32 Å². The van der Waals surface area contributed by atoms with E-state index in [0.29, 0.717) is 5.69 Å². The van der Waals surface area contributed by atoms with Crippen molar-refractivity contribution >= 4 is 44.9 Å². The normalized spacial score (nSPS) is 10.8. The summed E-state index contributed by atoms with van der Waals surface area (Å²) in [5, 5.41) is 2.65. The van der Waals surface area contributed by atoms with Crippen molar-refractivity contribution in [3.8, 4) is 0 Å². The zero-order chi connectivity index (χ0) is 13.0. The van der Waals surface area contributed by atoms with Gasteiger partial charge in [0.2, 0.25) is 5.91 Å². The summed E-state index contributed by atoms with van der Waals surface area (Å²) in [6, 6.07) is 9.47. The van der Waals surface area contributed by atoms with Crippen LogP contribution in [0.5, 0.6) is 0 Å². The lowest BCUT2D eigenvalue weighted by Gasteiger charge is -2.00. The van der Waals surface area contributed by atoms with Crippen molar-refractivity contribution in [2.45, 2.75) is 0 Å². The van der Waals surface area contributed by atoms with Gasteiger partial charge >= 0.3 is 0 Å². The van der Waals surface area contributed by atoms with Gasteiger partial charge in [-0.3, -0.25) is 4.79 Å². The van der Waals surface area contributed by atoms with Gasteiger partial charge < -0.3 is 5.32 Å². The van der Waals surface area contributed by atoms with Gasteiger partial charge in [0.15, 0.2) is 0 Å². The van der Waals surface area contributed by atoms with Crippen molar-refractivity contribution in [2.24, 2.45) is 0 Å². The number of hydrogen-bond donors (Lipinski definition) is 1. The molecule has 0 aliphatic heterocycles. The molecule has 0 spiro atoms. The number of thiophene rings is 1. The molecule has 0 aliphatic rings. The molecule has 0 atom stereocenters. The van der Waals surface area contributed by atoms with Crippen molar-refractivity contribution in [3.63, 3.8) is 0 Å². The molecule has 0 aliphatic carbocycles. The van der Waals surface area contributed by atoms with E-state index in [4.69, 9.17) is 0 Å². The number of amides is 1. The van der Waals surface area contributed by atoms with Gasteiger partial charge in [-0.15, -0.1) is 11.3 Å². The molecular formula is C13H9BrFNOS. The maximum absolute atomic E-state index is 12.7. The minimum Gasteiger partial charge on any atom is -0.323 e. The highest BCUT2D eigenvalue weighted by Gasteiger charge is 1.99. The molecule has 92 valence electrons. The second-order valence-corrected chi connectivity index (χ2v) is 5.97. The summed E-state index contributed by atoms with van der Waals surface area (Å²) in [5.74, 6) is -0.571. The Morgan fingerprint density at radius 3 is 2.56 bits per heavy atom. The zero-order valence-electron chi connectivity index (χ0n) is 9.19. The summed E-state index contributed by atoms with van der Waals surface area (Å²) < 4.78 is 13.7. The average Bonchev–Trinajstić information content (AvgIpc) is 2.76. The molecule has 0 radical (unpaired) electrons. The third-order valence-corrected chi connectivity index (χ3v) is 3.69. The van der Waals surface area contributed by atoms with Crippen LogP contribution in [0.1, 0.15) is 4.88 Å². The molecule has 5 heteroatoms. The van der Waals surface area contributed by atoms with E-state index in [-0.39, 0.29) is 11.7 Å². The Hall–Kier alpha value is -1.46. The van der Waals surface area contributed by atoms with Gasteiger partial charge in [-0.2, -0.15) is 0 Å². The van der Waals surface area contributed by atoms with Gasteiger partial charge in [-0.25, -0.2) is 4.39 Å². The summed E-state index contributed by atoms with van der Waals surface area (Å²) in [7, 11) is 0. The summed E-state index contributed by atoms with van der Waals surface area (Å²) in [6.45, 7) is 0. The fourth-order valence-corrected chi connectivity index (χ4v) is 2.62. The molecule has 18 heavy (non-hydrogen) atoms. The molecule has 0 unspecified atom stereocenters. The van der Waals surface area contributed by atoms with Gasteiger partial charge in [0, 0.05) is 16.6 Å². The Bertz CT molecular complexity index is 577. The molecule has 1 aromatic heterocycles. The number of anilines is 1. The minimum atomic E-state index is -0.327. The number of carbonyl (C=O) groups excluding carboxylic acids is 1. The Morgan fingerprint density at radius 2 is 1.94 bits per heavy atom. The van der Waals surface area contributed by atoms with Crippen LogP contribution in [-0.4, -0.2) is 5.91 Å². The van der Waals surface area contributed by atoms with Gasteiger partial charge in [-0.1, -0.05) is 0 Å². The first-order chi connectivity index (χ1) is 8.63. The van der Waals surface area contributed by atoms with E-state index in [2.05, 4.69) is 21.2 Å². The highest BCUT2D eigenvalue weighted by atomic mass is 79.9. The van der Waals surface area contributed by atoms with E-state index >= 15 is 0 Å². The fourth-order valence-electron chi connectivity index (χ4n) is 1.29. The van der Waals surface area contributed by atoms with E-state index in [1.807, 2.05) is 12.1 Å². The van der Waals surface area contributed by atoms with Crippen LogP contribution in [0.25, 0.3) is 6.08 Å². The maximum atomic E-state index is 12.7. The van der Waals surface area contributed by atoms with Gasteiger partial charge in [0.05, 0.1) is 3.79 Å². The van der Waals surface area contributed by atoms with Crippen LogP contribution >= 0.6 is 27.3 Å². The second kappa shape index (κ2) is 5.93. The summed E-state index contributed by atoms with van der Waals surface area (Å²) in [4.78, 5) is 12.6. The Morgan fingerprint density at radius 1 is 1.22 bits per heavy atom. The zero-order valence-corrected chi connectivity index (χ0v) is 11.6. The minimum absolute atomic E-state index is 0.244. The topological polar surface area (TPSA) is 29.1 Å². The summed E-state index contributed by atoms with van der Waals surface area (Å²) in [6.07, 6.45) is 3.18. The molecule has 0 bridgehead atoms. The number of hydrogen-bond acceptors (Lipinski definition) is 2. The maximum Gasteiger partial charge on any atom is 0.248 e. The highest BCUT2D eigenvalue weighted by molar-refractivity contribution is 9.11. The van der Waals surface area contributed by atoms with E-state index in [9.17, 15) is 9.18 Å². The van der Waals surface area contributed by atoms with Gasteiger partial charge in [0.1, 0.15) is 5.82 Å². The van der Waals surface area contributed by atoms with Crippen LogP contribution < -0.4 is 5.32 Å². The number of nitrogens with one attached hydrogen (secondary N) is 1. The Balaban J connectivity index is 1.96. The quantitative estimate of drug-likeness (QED) is 0.837. The molecule has 2 nitrogen and oxygen atoms in total. The fraction of sp³-hybridized carbons (Fsp3) is 0. The summed E-state index contributed by atoms with van der Waals surface area (Å²) in [5.41, 5.74) is 0.568. The van der Waals surface area contributed by atoms with Crippen LogP contribution in [0, 0.1) is 5.82 Å². The van der Waals surface area contributed by atoms with E-state index in [0.717, 1.165) is 8.66 Å². The Labute approximate surface area is 116 Å². The van der Waals surface area contributed by atoms with E-state index < -0.39 is 0 Å². The first kappa shape index (κ1) is 13.0. The SMILES string of the molecule is O=C(/C=C/c1ccc(Br)s1)Nc1ccc(F)cc1. The summed E-state index contributed by atoms with van der Waals surface area (Å²) >= 11 is 4.89. The van der Waals surface area contributed by atoms with Crippen molar-refractivity contribution in [1.29, 1.82) is 0 Å². The third-order valence-electron chi connectivity index (χ3n) is 2.10. The second-order valence-electron chi connectivity index (χ2n) is 3.47. The largest absolute Gasteiger partial charge is 0.323 e. The van der Waals surface area contributed by atoms with Crippen molar-refractivity contribution in [1.82, 2.24) is 0 Å². The monoisotopic (exact) mass is 325 g/mol. The van der Waals surface area contributed by atoms with E-state index in [1.165, 1.54) is 41.7 Å². The first-order valence-electron chi connectivity index (χ1n) is 5.13. The van der Waals surface area contributed by atoms with Crippen LogP contribution in [0.15, 0.2) is 46.3 Å². The van der Waals surface area contributed by atoms with Crippen molar-refractivity contribution < 1.29 is 9.18 Å². The number of rotatable bonds is 3. The number of benzene rings is 1. The molecule has 1 N–H and O–H groups in total. The van der Waals surface area contributed by atoms with Crippen LogP contribution in [0.3, 0.4) is 0 Å². The predicted octanol–water partition coefficient (Wildman–Crippen LogP) is 4.30. The highest BCUT2D eigenvalue weighted by Crippen LogP contribution is 2.23. The van der Waals surface area contributed by atoms with Gasteiger partial charge in [0.25, 0.3) is 0 Å². The molecule has 1 heterocycles. The van der Waals surface area contributed by atoms with Crippen LogP contribution in [-0.2, 0) is 4.79 Å². The smallest absolute Gasteiger partial charge is 0.248 e.